The van der Waals surface area contributed by atoms with Crippen LogP contribution >= 0.6 is 0 Å². The van der Waals surface area contributed by atoms with Crippen molar-refractivity contribution in [2.45, 2.75) is 13.5 Å². The Bertz CT molecular complexity index is 534. The van der Waals surface area contributed by atoms with E-state index in [1.54, 1.807) is 35.9 Å². The van der Waals surface area contributed by atoms with E-state index in [2.05, 4.69) is 10.3 Å². The minimum absolute atomic E-state index is 0.190. The van der Waals surface area contributed by atoms with Gasteiger partial charge in [-0.2, -0.15) is 0 Å². The summed E-state index contributed by atoms with van der Waals surface area (Å²) in [5.74, 6) is -0.265. The van der Waals surface area contributed by atoms with E-state index in [1.165, 1.54) is 6.20 Å². The van der Waals surface area contributed by atoms with Crippen LogP contribution in [0.3, 0.4) is 0 Å². The smallest absolute Gasteiger partial charge is 0.360 e. The van der Waals surface area contributed by atoms with Gasteiger partial charge in [-0.1, -0.05) is 17.3 Å². The second kappa shape index (κ2) is 5.31. The molecule has 94 valence electrons. The van der Waals surface area contributed by atoms with E-state index in [9.17, 15) is 4.79 Å². The van der Waals surface area contributed by atoms with Crippen LogP contribution in [0.1, 0.15) is 23.0 Å². The lowest BCUT2D eigenvalue weighted by Gasteiger charge is -2.00. The molecule has 0 spiro atoms. The van der Waals surface area contributed by atoms with Crippen LogP contribution in [0.5, 0.6) is 5.75 Å². The van der Waals surface area contributed by atoms with Crippen LogP contribution < -0.4 is 0 Å². The number of esters is 1. The van der Waals surface area contributed by atoms with E-state index in [-0.39, 0.29) is 11.4 Å². The molecular weight excluding hydrogens is 234 g/mol. The first-order chi connectivity index (χ1) is 8.69. The van der Waals surface area contributed by atoms with Crippen molar-refractivity contribution in [2.24, 2.45) is 0 Å². The molecule has 0 aliphatic rings. The molecule has 0 fully saturated rings. The van der Waals surface area contributed by atoms with E-state index in [0.29, 0.717) is 13.2 Å². The topological polar surface area (TPSA) is 77.2 Å². The predicted octanol–water partition coefficient (Wildman–Crippen LogP) is 1.21. The fourth-order valence-electron chi connectivity index (χ4n) is 1.46. The Kier molecular flexibility index (Phi) is 3.57. The lowest BCUT2D eigenvalue weighted by Crippen LogP contribution is -2.04. The summed E-state index contributed by atoms with van der Waals surface area (Å²) in [7, 11) is 0. The summed E-state index contributed by atoms with van der Waals surface area (Å²) in [6.45, 7) is 2.52. The quantitative estimate of drug-likeness (QED) is 0.822. The number of hydrogen-bond donors (Lipinski definition) is 1. The molecule has 0 atom stereocenters. The van der Waals surface area contributed by atoms with Crippen LogP contribution in [0.25, 0.3) is 0 Å². The number of phenols is 1. The average Bonchev–Trinajstić information content (AvgIpc) is 2.81. The fraction of sp³-hybridized carbons (Fsp3) is 0.250. The van der Waals surface area contributed by atoms with Gasteiger partial charge in [-0.05, 0) is 24.6 Å². The van der Waals surface area contributed by atoms with Crippen molar-refractivity contribution < 1.29 is 14.6 Å². The van der Waals surface area contributed by atoms with Crippen LogP contribution in [-0.2, 0) is 11.3 Å². The highest BCUT2D eigenvalue weighted by atomic mass is 16.5. The van der Waals surface area contributed by atoms with Crippen molar-refractivity contribution in [1.29, 1.82) is 0 Å². The van der Waals surface area contributed by atoms with Crippen molar-refractivity contribution in [3.05, 3.63) is 41.7 Å². The standard InChI is InChI=1S/C12H13N3O3/c1-2-18-12(17)11-8-15(14-13-11)7-9-3-5-10(16)6-4-9/h3-6,8,16H,2,7H2,1H3. The number of benzene rings is 1. The summed E-state index contributed by atoms with van der Waals surface area (Å²) in [5.41, 5.74) is 1.14. The zero-order chi connectivity index (χ0) is 13.0. The largest absolute Gasteiger partial charge is 0.508 e. The maximum absolute atomic E-state index is 11.4. The second-order valence-corrected chi connectivity index (χ2v) is 3.69. The Morgan fingerprint density at radius 3 is 2.78 bits per heavy atom. The van der Waals surface area contributed by atoms with E-state index in [4.69, 9.17) is 9.84 Å². The summed E-state index contributed by atoms with van der Waals surface area (Å²) < 4.78 is 6.36. The number of carbonyl (C=O) groups is 1. The van der Waals surface area contributed by atoms with Gasteiger partial charge in [-0.15, -0.1) is 5.10 Å². The Labute approximate surface area is 104 Å². The number of rotatable bonds is 4. The van der Waals surface area contributed by atoms with E-state index >= 15 is 0 Å². The van der Waals surface area contributed by atoms with Crippen LogP contribution in [0.15, 0.2) is 30.5 Å². The third kappa shape index (κ3) is 2.85. The maximum Gasteiger partial charge on any atom is 0.360 e. The zero-order valence-corrected chi connectivity index (χ0v) is 9.91. The Balaban J connectivity index is 2.06. The van der Waals surface area contributed by atoms with Crippen LogP contribution in [0, 0.1) is 0 Å². The van der Waals surface area contributed by atoms with Gasteiger partial charge in [-0.3, -0.25) is 0 Å². The molecule has 0 aliphatic carbocycles. The van der Waals surface area contributed by atoms with E-state index in [1.807, 2.05) is 0 Å². The van der Waals surface area contributed by atoms with E-state index in [0.717, 1.165) is 5.56 Å². The first-order valence-electron chi connectivity index (χ1n) is 5.54. The first-order valence-corrected chi connectivity index (χ1v) is 5.54. The van der Waals surface area contributed by atoms with Gasteiger partial charge in [0, 0.05) is 0 Å². The molecule has 1 heterocycles. The molecule has 0 amide bonds. The van der Waals surface area contributed by atoms with Crippen molar-refractivity contribution in [1.82, 2.24) is 15.0 Å². The number of nitrogens with zero attached hydrogens (tertiary/aromatic N) is 3. The maximum atomic E-state index is 11.4. The van der Waals surface area contributed by atoms with Gasteiger partial charge >= 0.3 is 5.97 Å². The third-order valence-electron chi connectivity index (χ3n) is 2.30. The summed E-state index contributed by atoms with van der Waals surface area (Å²) >= 11 is 0. The lowest BCUT2D eigenvalue weighted by atomic mass is 10.2. The van der Waals surface area contributed by atoms with Gasteiger partial charge in [0.25, 0.3) is 0 Å². The fourth-order valence-corrected chi connectivity index (χ4v) is 1.46. The first kappa shape index (κ1) is 12.1. The normalized spacial score (nSPS) is 10.3. The summed E-state index contributed by atoms with van der Waals surface area (Å²) in [6.07, 6.45) is 1.53. The van der Waals surface area contributed by atoms with Gasteiger partial charge in [0.05, 0.1) is 19.3 Å². The molecule has 18 heavy (non-hydrogen) atoms. The van der Waals surface area contributed by atoms with Gasteiger partial charge < -0.3 is 9.84 Å². The summed E-state index contributed by atoms with van der Waals surface area (Å²) in [4.78, 5) is 11.4. The molecule has 6 nitrogen and oxygen atoms in total. The highest BCUT2D eigenvalue weighted by molar-refractivity contribution is 5.86. The molecule has 0 radical (unpaired) electrons. The SMILES string of the molecule is CCOC(=O)c1cn(Cc2ccc(O)cc2)nn1. The number of phenolic OH excluding ortho intramolecular Hbond substituents is 1. The van der Waals surface area contributed by atoms with Crippen molar-refractivity contribution in [3.8, 4) is 5.75 Å². The van der Waals surface area contributed by atoms with E-state index < -0.39 is 5.97 Å². The number of carbonyl (C=O) groups excluding carboxylic acids is 1. The Morgan fingerprint density at radius 2 is 2.11 bits per heavy atom. The minimum atomic E-state index is -0.477. The number of ether oxygens (including phenoxy) is 1. The molecular formula is C12H13N3O3. The molecule has 0 aliphatic heterocycles. The molecule has 2 aromatic rings. The molecule has 0 unspecified atom stereocenters. The summed E-state index contributed by atoms with van der Waals surface area (Å²) in [5, 5.41) is 16.7. The molecule has 0 saturated heterocycles. The number of aromatic nitrogens is 3. The predicted molar refractivity (Wildman–Crippen MR) is 63.2 cm³/mol. The molecule has 2 rings (SSSR count). The third-order valence-corrected chi connectivity index (χ3v) is 2.30. The highest BCUT2D eigenvalue weighted by Crippen LogP contribution is 2.10. The van der Waals surface area contributed by atoms with Gasteiger partial charge in [0.1, 0.15) is 5.75 Å². The number of hydrogen-bond acceptors (Lipinski definition) is 5. The molecule has 0 bridgehead atoms. The average molecular weight is 247 g/mol. The van der Waals surface area contributed by atoms with Crippen molar-refractivity contribution >= 4 is 5.97 Å². The van der Waals surface area contributed by atoms with Gasteiger partial charge in [0.15, 0.2) is 5.69 Å². The zero-order valence-electron chi connectivity index (χ0n) is 9.91. The van der Waals surface area contributed by atoms with Crippen molar-refractivity contribution in [3.63, 3.8) is 0 Å². The monoisotopic (exact) mass is 247 g/mol. The van der Waals surface area contributed by atoms with Crippen molar-refractivity contribution in [2.75, 3.05) is 6.61 Å². The summed E-state index contributed by atoms with van der Waals surface area (Å²) in [6, 6.07) is 6.75. The Morgan fingerprint density at radius 1 is 1.39 bits per heavy atom. The van der Waals surface area contributed by atoms with Gasteiger partial charge in [-0.25, -0.2) is 9.48 Å². The second-order valence-electron chi connectivity index (χ2n) is 3.69. The highest BCUT2D eigenvalue weighted by Gasteiger charge is 2.11. The van der Waals surface area contributed by atoms with Crippen LogP contribution in [-0.4, -0.2) is 32.7 Å². The molecule has 1 aromatic carbocycles. The molecule has 6 heteroatoms. The Hall–Kier alpha value is -2.37. The van der Waals surface area contributed by atoms with Crippen LogP contribution in [0.2, 0.25) is 0 Å². The lowest BCUT2D eigenvalue weighted by molar-refractivity contribution is 0.0519. The number of aromatic hydroxyl groups is 1. The van der Waals surface area contributed by atoms with Gasteiger partial charge in [0.2, 0.25) is 0 Å². The minimum Gasteiger partial charge on any atom is -0.508 e. The molecule has 1 aromatic heterocycles. The van der Waals surface area contributed by atoms with Crippen LogP contribution in [0.4, 0.5) is 0 Å². The molecule has 1 N–H and O–H groups in total. The molecule has 0 saturated carbocycles.